The SMILES string of the molecule is Cc1cc(C)c2cc(CN(C[C@@H]3CCCO3)C(=O)c3ccco3)c(=O)[nH]c2c1. The van der Waals surface area contributed by atoms with Crippen LogP contribution in [0.2, 0.25) is 0 Å². The van der Waals surface area contributed by atoms with E-state index in [1.165, 1.54) is 6.26 Å². The lowest BCUT2D eigenvalue weighted by Gasteiger charge is -2.24. The van der Waals surface area contributed by atoms with Crippen molar-refractivity contribution < 1.29 is 13.9 Å². The van der Waals surface area contributed by atoms with Crippen LogP contribution in [0.25, 0.3) is 10.9 Å². The number of aromatic nitrogens is 1. The molecule has 1 atom stereocenters. The summed E-state index contributed by atoms with van der Waals surface area (Å²) in [6, 6.07) is 9.27. The quantitative estimate of drug-likeness (QED) is 0.734. The average molecular weight is 380 g/mol. The van der Waals surface area contributed by atoms with Crippen LogP contribution in [0.5, 0.6) is 0 Å². The van der Waals surface area contributed by atoms with Gasteiger partial charge in [0.15, 0.2) is 5.76 Å². The van der Waals surface area contributed by atoms with Crippen molar-refractivity contribution in [3.63, 3.8) is 0 Å². The summed E-state index contributed by atoms with van der Waals surface area (Å²) in [5.74, 6) is 0.0302. The molecule has 2 aromatic heterocycles. The molecule has 1 aromatic carbocycles. The maximum absolute atomic E-state index is 12.9. The van der Waals surface area contributed by atoms with Crippen LogP contribution in [0.15, 0.2) is 45.8 Å². The Morgan fingerprint density at radius 2 is 2.14 bits per heavy atom. The van der Waals surface area contributed by atoms with Gasteiger partial charge in [-0.1, -0.05) is 6.07 Å². The van der Waals surface area contributed by atoms with Gasteiger partial charge >= 0.3 is 0 Å². The minimum Gasteiger partial charge on any atom is -0.459 e. The zero-order valence-electron chi connectivity index (χ0n) is 16.2. The molecule has 6 heteroatoms. The summed E-state index contributed by atoms with van der Waals surface area (Å²) in [5, 5.41) is 0.989. The Morgan fingerprint density at radius 3 is 2.86 bits per heavy atom. The molecular weight excluding hydrogens is 356 g/mol. The zero-order chi connectivity index (χ0) is 19.7. The van der Waals surface area contributed by atoms with Crippen LogP contribution in [0.1, 0.15) is 40.1 Å². The molecule has 0 saturated carbocycles. The minimum absolute atomic E-state index is 0.0113. The van der Waals surface area contributed by atoms with Gasteiger partial charge in [-0.05, 0) is 62.1 Å². The first-order valence-electron chi connectivity index (χ1n) is 9.59. The Balaban J connectivity index is 1.68. The Labute approximate surface area is 163 Å². The number of furan rings is 1. The Bertz CT molecular complexity index is 1050. The van der Waals surface area contributed by atoms with Crippen LogP contribution in [0.4, 0.5) is 0 Å². The fraction of sp³-hybridized carbons (Fsp3) is 0.364. The number of benzene rings is 1. The number of carbonyl (C=O) groups excluding carboxylic acids is 1. The van der Waals surface area contributed by atoms with Gasteiger partial charge in [0.1, 0.15) is 0 Å². The third-order valence-electron chi connectivity index (χ3n) is 5.22. The summed E-state index contributed by atoms with van der Waals surface area (Å²) in [7, 11) is 0. The zero-order valence-corrected chi connectivity index (χ0v) is 16.2. The van der Waals surface area contributed by atoms with E-state index in [-0.39, 0.29) is 29.9 Å². The number of ether oxygens (including phenoxy) is 1. The van der Waals surface area contributed by atoms with Gasteiger partial charge in [-0.3, -0.25) is 9.59 Å². The van der Waals surface area contributed by atoms with Crippen LogP contribution >= 0.6 is 0 Å². The van der Waals surface area contributed by atoms with E-state index in [1.54, 1.807) is 17.0 Å². The smallest absolute Gasteiger partial charge is 0.289 e. The fourth-order valence-corrected chi connectivity index (χ4v) is 3.85. The topological polar surface area (TPSA) is 75.5 Å². The molecule has 1 saturated heterocycles. The summed E-state index contributed by atoms with van der Waals surface area (Å²) in [6.45, 7) is 5.38. The number of H-pyrrole nitrogens is 1. The van der Waals surface area contributed by atoms with Gasteiger partial charge in [0.05, 0.1) is 18.9 Å². The monoisotopic (exact) mass is 380 g/mol. The highest BCUT2D eigenvalue weighted by atomic mass is 16.5. The highest BCUT2D eigenvalue weighted by Gasteiger charge is 2.25. The lowest BCUT2D eigenvalue weighted by Crippen LogP contribution is -2.38. The molecule has 4 rings (SSSR count). The van der Waals surface area contributed by atoms with E-state index in [1.807, 2.05) is 26.0 Å². The molecule has 3 heterocycles. The van der Waals surface area contributed by atoms with Crippen molar-refractivity contribution in [2.45, 2.75) is 39.3 Å². The second kappa shape index (κ2) is 7.64. The molecular formula is C22H24N2O4. The van der Waals surface area contributed by atoms with E-state index < -0.39 is 0 Å². The predicted octanol–water partition coefficient (Wildman–Crippen LogP) is 3.56. The first-order chi connectivity index (χ1) is 13.5. The molecule has 1 aliphatic heterocycles. The number of amides is 1. The lowest BCUT2D eigenvalue weighted by atomic mass is 10.0. The van der Waals surface area contributed by atoms with Crippen LogP contribution in [-0.4, -0.2) is 35.0 Å². The Kier molecular flexibility index (Phi) is 5.05. The lowest BCUT2D eigenvalue weighted by molar-refractivity contribution is 0.0483. The third kappa shape index (κ3) is 3.73. The number of nitrogens with zero attached hydrogens (tertiary/aromatic N) is 1. The van der Waals surface area contributed by atoms with Crippen LogP contribution in [-0.2, 0) is 11.3 Å². The molecule has 0 bridgehead atoms. The summed E-state index contributed by atoms with van der Waals surface area (Å²) < 4.78 is 11.0. The van der Waals surface area contributed by atoms with E-state index >= 15 is 0 Å². The number of nitrogens with one attached hydrogen (secondary N) is 1. The molecule has 1 aliphatic rings. The number of carbonyl (C=O) groups is 1. The van der Waals surface area contributed by atoms with Gasteiger partial charge in [0.2, 0.25) is 0 Å². The first-order valence-corrected chi connectivity index (χ1v) is 9.59. The number of hydrogen-bond acceptors (Lipinski definition) is 4. The van der Waals surface area contributed by atoms with Crippen molar-refractivity contribution in [2.24, 2.45) is 0 Å². The number of fused-ring (bicyclic) bond motifs is 1. The predicted molar refractivity (Wildman–Crippen MR) is 106 cm³/mol. The highest BCUT2D eigenvalue weighted by molar-refractivity contribution is 5.91. The van der Waals surface area contributed by atoms with Crippen molar-refractivity contribution in [3.8, 4) is 0 Å². The standard InChI is InChI=1S/C22H24N2O4/c1-14-9-15(2)18-11-16(21(25)23-19(18)10-14)12-24(13-17-5-3-7-27-17)22(26)20-6-4-8-28-20/h4,6,8-11,17H,3,5,7,12-13H2,1-2H3,(H,23,25)/t17-/m0/s1. The van der Waals surface area contributed by atoms with Gasteiger partial charge in [-0.2, -0.15) is 0 Å². The van der Waals surface area contributed by atoms with Crippen molar-refractivity contribution in [2.75, 3.05) is 13.2 Å². The number of aromatic amines is 1. The molecule has 0 unspecified atom stereocenters. The molecule has 28 heavy (non-hydrogen) atoms. The minimum atomic E-state index is -0.236. The van der Waals surface area contributed by atoms with E-state index in [0.29, 0.717) is 18.7 Å². The van der Waals surface area contributed by atoms with Crippen LogP contribution in [0.3, 0.4) is 0 Å². The molecule has 1 N–H and O–H groups in total. The highest BCUT2D eigenvalue weighted by Crippen LogP contribution is 2.21. The molecule has 0 spiro atoms. The van der Waals surface area contributed by atoms with Gasteiger partial charge in [-0.25, -0.2) is 0 Å². The Morgan fingerprint density at radius 1 is 1.29 bits per heavy atom. The normalized spacial score (nSPS) is 16.6. The van der Waals surface area contributed by atoms with E-state index in [0.717, 1.165) is 34.9 Å². The molecule has 0 aliphatic carbocycles. The largest absolute Gasteiger partial charge is 0.459 e. The van der Waals surface area contributed by atoms with E-state index in [4.69, 9.17) is 9.15 Å². The van der Waals surface area contributed by atoms with Crippen LogP contribution < -0.4 is 5.56 Å². The molecule has 3 aromatic rings. The molecule has 146 valence electrons. The third-order valence-corrected chi connectivity index (χ3v) is 5.22. The fourth-order valence-electron chi connectivity index (χ4n) is 3.85. The summed E-state index contributed by atoms with van der Waals surface area (Å²) in [5.41, 5.74) is 3.38. The first kappa shape index (κ1) is 18.5. The van der Waals surface area contributed by atoms with Gasteiger partial charge in [0.25, 0.3) is 11.5 Å². The van der Waals surface area contributed by atoms with Crippen LogP contribution in [0, 0.1) is 13.8 Å². The summed E-state index contributed by atoms with van der Waals surface area (Å²) in [6.07, 6.45) is 3.37. The summed E-state index contributed by atoms with van der Waals surface area (Å²) in [4.78, 5) is 30.3. The maximum atomic E-state index is 12.9. The molecule has 6 nitrogen and oxygen atoms in total. The second-order valence-corrected chi connectivity index (χ2v) is 7.46. The van der Waals surface area contributed by atoms with Gasteiger partial charge < -0.3 is 19.0 Å². The van der Waals surface area contributed by atoms with Crippen molar-refractivity contribution >= 4 is 16.8 Å². The van der Waals surface area contributed by atoms with E-state index in [2.05, 4.69) is 11.1 Å². The Hall–Kier alpha value is -2.86. The van der Waals surface area contributed by atoms with Gasteiger partial charge in [0, 0.05) is 29.6 Å². The molecule has 1 fully saturated rings. The second-order valence-electron chi connectivity index (χ2n) is 7.46. The maximum Gasteiger partial charge on any atom is 0.289 e. The van der Waals surface area contributed by atoms with Crippen molar-refractivity contribution in [3.05, 3.63) is 69.4 Å². The van der Waals surface area contributed by atoms with E-state index in [9.17, 15) is 9.59 Å². The van der Waals surface area contributed by atoms with Gasteiger partial charge in [-0.15, -0.1) is 0 Å². The van der Waals surface area contributed by atoms with Crippen molar-refractivity contribution in [1.29, 1.82) is 0 Å². The number of aryl methyl sites for hydroxylation is 2. The number of rotatable bonds is 5. The van der Waals surface area contributed by atoms with Crippen molar-refractivity contribution in [1.82, 2.24) is 9.88 Å². The summed E-state index contributed by atoms with van der Waals surface area (Å²) >= 11 is 0. The molecule has 0 radical (unpaired) electrons. The number of pyridine rings is 1. The molecule has 1 amide bonds. The number of hydrogen-bond donors (Lipinski definition) is 1. The average Bonchev–Trinajstić information content (AvgIpc) is 3.35.